The number of piperidine rings is 1. The molecule has 5 nitrogen and oxygen atoms in total. The molecule has 0 aromatic heterocycles. The molecule has 0 spiro atoms. The van der Waals surface area contributed by atoms with Gasteiger partial charge in [0.05, 0.1) is 0 Å². The van der Waals surface area contributed by atoms with Crippen LogP contribution in [0.15, 0.2) is 24.3 Å². The highest BCUT2D eigenvalue weighted by molar-refractivity contribution is 5.81. The van der Waals surface area contributed by atoms with E-state index in [0.717, 1.165) is 31.6 Å². The first-order chi connectivity index (χ1) is 12.2. The summed E-state index contributed by atoms with van der Waals surface area (Å²) in [5, 5.41) is 0. The Hall–Kier alpha value is -2.04. The number of nitrogens with two attached hydrogens (primary N) is 1. The monoisotopic (exact) mass is 360 g/mol. The van der Waals surface area contributed by atoms with Gasteiger partial charge in [-0.2, -0.15) is 0 Å². The molecule has 1 fully saturated rings. The van der Waals surface area contributed by atoms with Gasteiger partial charge in [-0.05, 0) is 55.2 Å². The number of hydrogen-bond donors (Lipinski definition) is 1. The van der Waals surface area contributed by atoms with Crippen molar-refractivity contribution in [3.05, 3.63) is 29.8 Å². The minimum absolute atomic E-state index is 0.00920. The van der Waals surface area contributed by atoms with Gasteiger partial charge in [-0.25, -0.2) is 0 Å². The number of rotatable bonds is 6. The van der Waals surface area contributed by atoms with Crippen LogP contribution in [0.2, 0.25) is 0 Å². The fourth-order valence-electron chi connectivity index (χ4n) is 3.39. The van der Waals surface area contributed by atoms with Crippen LogP contribution in [0.5, 0.6) is 5.75 Å². The summed E-state index contributed by atoms with van der Waals surface area (Å²) in [5.41, 5.74) is 6.46. The van der Waals surface area contributed by atoms with E-state index < -0.39 is 6.10 Å². The lowest BCUT2D eigenvalue weighted by atomic mass is 9.87. The smallest absolute Gasteiger partial charge is 0.263 e. The van der Waals surface area contributed by atoms with Crippen molar-refractivity contribution in [3.63, 3.8) is 0 Å². The highest BCUT2D eigenvalue weighted by Gasteiger charge is 2.28. The molecule has 0 saturated carbocycles. The first kappa shape index (κ1) is 20.3. The highest BCUT2D eigenvalue weighted by Crippen LogP contribution is 2.27. The summed E-state index contributed by atoms with van der Waals surface area (Å²) >= 11 is 0. The van der Waals surface area contributed by atoms with Crippen LogP contribution in [0.25, 0.3) is 0 Å². The Kier molecular flexibility index (Phi) is 6.68. The summed E-state index contributed by atoms with van der Waals surface area (Å²) in [6.07, 6.45) is 2.61. The lowest BCUT2D eigenvalue weighted by Gasteiger charge is -2.34. The molecule has 26 heavy (non-hydrogen) atoms. The second-order valence-corrected chi connectivity index (χ2v) is 8.34. The van der Waals surface area contributed by atoms with E-state index >= 15 is 0 Å². The second kappa shape index (κ2) is 8.56. The number of amides is 2. The number of carbonyl (C=O) groups is 2. The van der Waals surface area contributed by atoms with Gasteiger partial charge < -0.3 is 15.4 Å². The molecule has 2 unspecified atom stereocenters. The molecular weight excluding hydrogens is 328 g/mol. The maximum absolute atomic E-state index is 12.8. The normalized spacial score (nSPS) is 19.1. The van der Waals surface area contributed by atoms with E-state index in [1.807, 2.05) is 23.1 Å². The Morgan fingerprint density at radius 1 is 1.35 bits per heavy atom. The molecule has 1 aliphatic heterocycles. The van der Waals surface area contributed by atoms with Gasteiger partial charge in [0.15, 0.2) is 6.10 Å². The SMILES string of the molecule is CC(Oc1cccc(C(C)(C)C)c1)C(=O)N1CCCC(CCC(N)=O)C1. The number of primary amides is 1. The molecular formula is C21H32N2O3. The third-order valence-corrected chi connectivity index (χ3v) is 4.99. The molecule has 144 valence electrons. The van der Waals surface area contributed by atoms with Crippen LogP contribution >= 0.6 is 0 Å². The van der Waals surface area contributed by atoms with Crippen LogP contribution in [-0.2, 0) is 15.0 Å². The molecule has 0 aliphatic carbocycles. The van der Waals surface area contributed by atoms with Crippen molar-refractivity contribution in [3.8, 4) is 5.75 Å². The molecule has 5 heteroatoms. The lowest BCUT2D eigenvalue weighted by Crippen LogP contribution is -2.45. The molecule has 1 heterocycles. The van der Waals surface area contributed by atoms with E-state index in [1.54, 1.807) is 6.92 Å². The zero-order valence-electron chi connectivity index (χ0n) is 16.5. The van der Waals surface area contributed by atoms with E-state index in [2.05, 4.69) is 26.8 Å². The molecule has 2 amide bonds. The Morgan fingerprint density at radius 3 is 2.73 bits per heavy atom. The minimum atomic E-state index is -0.528. The van der Waals surface area contributed by atoms with Crippen molar-refractivity contribution in [2.75, 3.05) is 13.1 Å². The van der Waals surface area contributed by atoms with Crippen molar-refractivity contribution < 1.29 is 14.3 Å². The molecule has 1 aromatic rings. The lowest BCUT2D eigenvalue weighted by molar-refractivity contribution is -0.139. The minimum Gasteiger partial charge on any atom is -0.481 e. The average molecular weight is 360 g/mol. The van der Waals surface area contributed by atoms with Crippen molar-refractivity contribution in [1.82, 2.24) is 4.90 Å². The quantitative estimate of drug-likeness (QED) is 0.846. The fraction of sp³-hybridized carbons (Fsp3) is 0.619. The number of likely N-dealkylation sites (tertiary alicyclic amines) is 1. The van der Waals surface area contributed by atoms with Gasteiger partial charge in [0.1, 0.15) is 5.75 Å². The van der Waals surface area contributed by atoms with Crippen molar-refractivity contribution >= 4 is 11.8 Å². The van der Waals surface area contributed by atoms with E-state index in [-0.39, 0.29) is 17.2 Å². The number of benzene rings is 1. The number of hydrogen-bond acceptors (Lipinski definition) is 3. The Morgan fingerprint density at radius 2 is 2.08 bits per heavy atom. The molecule has 0 bridgehead atoms. The maximum atomic E-state index is 12.8. The van der Waals surface area contributed by atoms with E-state index in [1.165, 1.54) is 5.56 Å². The number of carbonyl (C=O) groups excluding carboxylic acids is 2. The second-order valence-electron chi connectivity index (χ2n) is 8.34. The van der Waals surface area contributed by atoms with Crippen LogP contribution in [0.3, 0.4) is 0 Å². The van der Waals surface area contributed by atoms with Crippen molar-refractivity contribution in [2.45, 2.75) is 64.9 Å². The fourth-order valence-corrected chi connectivity index (χ4v) is 3.39. The van der Waals surface area contributed by atoms with Gasteiger partial charge in [0.25, 0.3) is 5.91 Å². The predicted molar refractivity (Wildman–Crippen MR) is 103 cm³/mol. The van der Waals surface area contributed by atoms with Crippen LogP contribution < -0.4 is 10.5 Å². The van der Waals surface area contributed by atoms with Crippen LogP contribution in [0.1, 0.15) is 58.9 Å². The Labute approximate surface area is 156 Å². The molecule has 1 saturated heterocycles. The molecule has 1 aromatic carbocycles. The first-order valence-electron chi connectivity index (χ1n) is 9.51. The van der Waals surface area contributed by atoms with Crippen molar-refractivity contribution in [1.29, 1.82) is 0 Å². The van der Waals surface area contributed by atoms with Crippen LogP contribution in [0, 0.1) is 5.92 Å². The summed E-state index contributed by atoms with van der Waals surface area (Å²) in [6.45, 7) is 9.70. The van der Waals surface area contributed by atoms with Gasteiger partial charge in [0.2, 0.25) is 5.91 Å². The van der Waals surface area contributed by atoms with Crippen molar-refractivity contribution in [2.24, 2.45) is 11.7 Å². The summed E-state index contributed by atoms with van der Waals surface area (Å²) in [5.74, 6) is 0.802. The largest absolute Gasteiger partial charge is 0.481 e. The molecule has 2 N–H and O–H groups in total. The zero-order valence-corrected chi connectivity index (χ0v) is 16.5. The number of ether oxygens (including phenoxy) is 1. The van der Waals surface area contributed by atoms with E-state index in [4.69, 9.17) is 10.5 Å². The van der Waals surface area contributed by atoms with Crippen LogP contribution in [-0.4, -0.2) is 35.9 Å². The van der Waals surface area contributed by atoms with E-state index in [0.29, 0.717) is 18.9 Å². The molecule has 1 aliphatic rings. The topological polar surface area (TPSA) is 72.6 Å². The highest BCUT2D eigenvalue weighted by atomic mass is 16.5. The van der Waals surface area contributed by atoms with Gasteiger partial charge >= 0.3 is 0 Å². The summed E-state index contributed by atoms with van der Waals surface area (Å²) in [4.78, 5) is 25.6. The zero-order chi connectivity index (χ0) is 19.3. The molecule has 0 radical (unpaired) electrons. The third kappa shape index (κ3) is 5.75. The van der Waals surface area contributed by atoms with Gasteiger partial charge in [-0.15, -0.1) is 0 Å². The molecule has 2 rings (SSSR count). The summed E-state index contributed by atoms with van der Waals surface area (Å²) in [7, 11) is 0. The van der Waals surface area contributed by atoms with Gasteiger partial charge in [-0.3, -0.25) is 9.59 Å². The van der Waals surface area contributed by atoms with Crippen LogP contribution in [0.4, 0.5) is 0 Å². The van der Waals surface area contributed by atoms with Gasteiger partial charge in [-0.1, -0.05) is 32.9 Å². The summed E-state index contributed by atoms with van der Waals surface area (Å²) < 4.78 is 5.93. The predicted octanol–water partition coefficient (Wildman–Crippen LogP) is 3.26. The standard InChI is InChI=1S/C21H32N2O3/c1-15(26-18-9-5-8-17(13-18)21(2,3)4)20(25)23-12-6-7-16(14-23)10-11-19(22)24/h5,8-9,13,15-16H,6-7,10-12,14H2,1-4H3,(H2,22,24). The molecule has 2 atom stereocenters. The maximum Gasteiger partial charge on any atom is 0.263 e. The average Bonchev–Trinajstić information content (AvgIpc) is 2.59. The summed E-state index contributed by atoms with van der Waals surface area (Å²) in [6, 6.07) is 7.95. The third-order valence-electron chi connectivity index (χ3n) is 4.99. The van der Waals surface area contributed by atoms with E-state index in [9.17, 15) is 9.59 Å². The Balaban J connectivity index is 1.95. The Bertz CT molecular complexity index is 636. The first-order valence-corrected chi connectivity index (χ1v) is 9.51. The number of nitrogens with zero attached hydrogens (tertiary/aromatic N) is 1. The van der Waals surface area contributed by atoms with Gasteiger partial charge in [0, 0.05) is 19.5 Å².